The summed E-state index contributed by atoms with van der Waals surface area (Å²) in [5, 5.41) is 33.6. The van der Waals surface area contributed by atoms with Crippen LogP contribution < -0.4 is 5.32 Å². The highest BCUT2D eigenvalue weighted by Gasteiger charge is 2.40. The van der Waals surface area contributed by atoms with Crippen molar-refractivity contribution in [3.05, 3.63) is 54.1 Å². The summed E-state index contributed by atoms with van der Waals surface area (Å²) < 4.78 is 39.5. The van der Waals surface area contributed by atoms with Gasteiger partial charge in [-0.15, -0.1) is 0 Å². The zero-order valence-corrected chi connectivity index (χ0v) is 23.1. The number of phenolic OH excluding ortho intramolecular Hbond substituents is 2. The van der Waals surface area contributed by atoms with E-state index in [1.807, 2.05) is 44.2 Å². The number of nitrogens with zero attached hydrogens (tertiary/aromatic N) is 1. The highest BCUT2D eigenvalue weighted by molar-refractivity contribution is 7.89. The first kappa shape index (κ1) is 29.1. The predicted octanol–water partition coefficient (Wildman–Crippen LogP) is 3.01. The molecule has 10 nitrogen and oxygen atoms in total. The Kier molecular flexibility index (Phi) is 9.37. The van der Waals surface area contributed by atoms with Gasteiger partial charge in [-0.1, -0.05) is 44.2 Å². The fourth-order valence-corrected chi connectivity index (χ4v) is 6.97. The molecule has 11 heteroatoms. The number of ether oxygens (including phenoxy) is 2. The minimum Gasteiger partial charge on any atom is -0.504 e. The van der Waals surface area contributed by atoms with Gasteiger partial charge in [0.05, 0.1) is 23.1 Å². The van der Waals surface area contributed by atoms with Crippen molar-refractivity contribution in [1.82, 2.24) is 9.62 Å². The van der Waals surface area contributed by atoms with Crippen molar-refractivity contribution in [3.63, 3.8) is 0 Å². The number of amides is 1. The summed E-state index contributed by atoms with van der Waals surface area (Å²) in [6.07, 6.45) is 0.502. The van der Waals surface area contributed by atoms with E-state index in [2.05, 4.69) is 5.32 Å². The van der Waals surface area contributed by atoms with E-state index in [1.54, 1.807) is 0 Å². The predicted molar refractivity (Wildman–Crippen MR) is 144 cm³/mol. The number of sulfonamides is 1. The number of hydrogen-bond acceptors (Lipinski definition) is 8. The van der Waals surface area contributed by atoms with E-state index >= 15 is 0 Å². The molecule has 39 heavy (non-hydrogen) atoms. The first-order valence-corrected chi connectivity index (χ1v) is 14.8. The maximum Gasteiger partial charge on any atom is 0.407 e. The molecule has 1 saturated heterocycles. The van der Waals surface area contributed by atoms with E-state index in [-0.39, 0.29) is 42.5 Å². The number of benzene rings is 2. The minimum absolute atomic E-state index is 0.0766. The highest BCUT2D eigenvalue weighted by Crippen LogP contribution is 2.37. The lowest BCUT2D eigenvalue weighted by Crippen LogP contribution is -2.51. The van der Waals surface area contributed by atoms with Crippen molar-refractivity contribution in [2.45, 2.75) is 68.8 Å². The van der Waals surface area contributed by atoms with E-state index in [9.17, 15) is 28.5 Å². The van der Waals surface area contributed by atoms with Crippen molar-refractivity contribution in [1.29, 1.82) is 0 Å². The van der Waals surface area contributed by atoms with Gasteiger partial charge >= 0.3 is 6.09 Å². The van der Waals surface area contributed by atoms with Crippen LogP contribution in [0.4, 0.5) is 4.79 Å². The Hall–Kier alpha value is -2.86. The van der Waals surface area contributed by atoms with Crippen molar-refractivity contribution in [2.75, 3.05) is 19.7 Å². The smallest absolute Gasteiger partial charge is 0.407 e. The van der Waals surface area contributed by atoms with Gasteiger partial charge in [0.2, 0.25) is 10.0 Å². The number of nitrogens with one attached hydrogen (secondary N) is 1. The molecular weight excluding hydrogens is 524 g/mol. The van der Waals surface area contributed by atoms with Gasteiger partial charge in [-0.25, -0.2) is 13.2 Å². The van der Waals surface area contributed by atoms with Crippen LogP contribution in [0.25, 0.3) is 0 Å². The summed E-state index contributed by atoms with van der Waals surface area (Å²) in [5.74, 6) is -0.684. The van der Waals surface area contributed by atoms with Crippen LogP contribution in [0, 0.1) is 11.8 Å². The average molecular weight is 563 g/mol. The number of phenols is 2. The monoisotopic (exact) mass is 562 g/mol. The molecule has 4 rings (SSSR count). The second-order valence-electron chi connectivity index (χ2n) is 10.8. The fourth-order valence-electron chi connectivity index (χ4n) is 5.33. The summed E-state index contributed by atoms with van der Waals surface area (Å²) in [6, 6.07) is 11.7. The molecule has 4 N–H and O–H groups in total. The summed E-state index contributed by atoms with van der Waals surface area (Å²) in [4.78, 5) is 12.7. The lowest BCUT2D eigenvalue weighted by Gasteiger charge is -2.31. The molecule has 1 aliphatic carbocycles. The fraction of sp³-hybridized carbons (Fsp3) is 0.536. The first-order chi connectivity index (χ1) is 18.5. The van der Waals surface area contributed by atoms with Crippen LogP contribution in [0.15, 0.2) is 53.4 Å². The quantitative estimate of drug-likeness (QED) is 0.306. The van der Waals surface area contributed by atoms with Crippen molar-refractivity contribution in [2.24, 2.45) is 11.8 Å². The summed E-state index contributed by atoms with van der Waals surface area (Å²) in [7, 11) is -4.15. The molecule has 0 aromatic heterocycles. The Labute approximate surface area is 229 Å². The second kappa shape index (κ2) is 12.5. The number of carbonyl (C=O) groups is 1. The Morgan fingerprint density at radius 2 is 1.85 bits per heavy atom. The number of fused-ring (bicyclic) bond motifs is 1. The molecule has 1 aliphatic heterocycles. The molecule has 0 radical (unpaired) electrons. The van der Waals surface area contributed by atoms with Gasteiger partial charge in [-0.2, -0.15) is 4.31 Å². The van der Waals surface area contributed by atoms with Crippen LogP contribution in [-0.4, -0.2) is 78.2 Å². The average Bonchev–Trinajstić information content (AvgIpc) is 3.47. The van der Waals surface area contributed by atoms with E-state index in [1.165, 1.54) is 6.07 Å². The number of hydrogen-bond donors (Lipinski definition) is 4. The Bertz CT molecular complexity index is 1210. The highest BCUT2D eigenvalue weighted by atomic mass is 32.2. The van der Waals surface area contributed by atoms with Crippen molar-refractivity contribution in [3.8, 4) is 11.5 Å². The number of rotatable bonds is 11. The number of carbonyl (C=O) groups excluding carboxylic acids is 1. The minimum atomic E-state index is -4.15. The van der Waals surface area contributed by atoms with E-state index in [0.29, 0.717) is 12.3 Å². The van der Waals surface area contributed by atoms with Gasteiger partial charge in [0, 0.05) is 32.2 Å². The zero-order chi connectivity index (χ0) is 28.2. The molecule has 1 amide bonds. The van der Waals surface area contributed by atoms with Crippen molar-refractivity contribution < 1.29 is 38.0 Å². The topological polar surface area (TPSA) is 146 Å². The molecule has 0 spiro atoms. The number of aromatic hydroxyl groups is 2. The molecule has 1 saturated carbocycles. The van der Waals surface area contributed by atoms with E-state index in [0.717, 1.165) is 41.4 Å². The van der Waals surface area contributed by atoms with Crippen LogP contribution in [0.5, 0.6) is 11.5 Å². The van der Waals surface area contributed by atoms with Gasteiger partial charge in [0.1, 0.15) is 6.10 Å². The third kappa shape index (κ3) is 7.42. The lowest BCUT2D eigenvalue weighted by molar-refractivity contribution is 0.0554. The van der Waals surface area contributed by atoms with Gasteiger partial charge in [-0.05, 0) is 48.8 Å². The maximum absolute atomic E-state index is 13.5. The Morgan fingerprint density at radius 1 is 1.10 bits per heavy atom. The molecule has 2 fully saturated rings. The van der Waals surface area contributed by atoms with Gasteiger partial charge < -0.3 is 30.1 Å². The second-order valence-corrected chi connectivity index (χ2v) is 12.8. The molecular formula is C28H38N2O8S. The molecule has 2 aromatic rings. The van der Waals surface area contributed by atoms with Crippen LogP contribution in [0.3, 0.4) is 0 Å². The molecule has 214 valence electrons. The third-order valence-electron chi connectivity index (χ3n) is 7.29. The number of aliphatic hydroxyl groups excluding tert-OH is 1. The van der Waals surface area contributed by atoms with E-state index in [4.69, 9.17) is 9.47 Å². The zero-order valence-electron chi connectivity index (χ0n) is 22.3. The van der Waals surface area contributed by atoms with Gasteiger partial charge in [-0.3, -0.25) is 0 Å². The number of alkyl carbamates (subject to hydrolysis) is 1. The normalized spacial score (nSPS) is 22.5. The standard InChI is InChI=1S/C28H38N2O8S/c1-18(2)16-30(39(35,36)22-8-9-24(31)25(32)15-22)17-26(33)23(12-19-6-4-3-5-7-19)29-28(34)38-21-13-20-10-11-37-27(20)14-21/h3-9,15,18,20-21,23,26-27,31-33H,10-14,16-17H2,1-2H3,(H,29,34)/t20?,21?,23-,26+,27?/m0/s1. The molecule has 5 atom stereocenters. The molecule has 3 unspecified atom stereocenters. The molecule has 1 heterocycles. The third-order valence-corrected chi connectivity index (χ3v) is 9.12. The summed E-state index contributed by atoms with van der Waals surface area (Å²) in [6.45, 7) is 4.22. The first-order valence-electron chi connectivity index (χ1n) is 13.4. The maximum atomic E-state index is 13.5. The van der Waals surface area contributed by atoms with Crippen LogP contribution in [-0.2, 0) is 25.9 Å². The SMILES string of the molecule is CC(C)CN(C[C@@H](O)[C@H](Cc1ccccc1)NC(=O)OC1CC2CCOC2C1)S(=O)(=O)c1ccc(O)c(O)c1. The lowest BCUT2D eigenvalue weighted by atomic mass is 10.0. The number of aliphatic hydroxyl groups is 1. The van der Waals surface area contributed by atoms with Gasteiger partial charge in [0.15, 0.2) is 11.5 Å². The molecule has 2 aliphatic rings. The van der Waals surface area contributed by atoms with Gasteiger partial charge in [0.25, 0.3) is 0 Å². The van der Waals surface area contributed by atoms with Crippen LogP contribution in [0.1, 0.15) is 38.7 Å². The molecule has 2 aromatic carbocycles. The largest absolute Gasteiger partial charge is 0.504 e. The Morgan fingerprint density at radius 3 is 2.51 bits per heavy atom. The van der Waals surface area contributed by atoms with E-state index < -0.39 is 39.8 Å². The van der Waals surface area contributed by atoms with Crippen molar-refractivity contribution >= 4 is 16.1 Å². The molecule has 0 bridgehead atoms. The summed E-state index contributed by atoms with van der Waals surface area (Å²) >= 11 is 0. The Balaban J connectivity index is 1.50. The summed E-state index contributed by atoms with van der Waals surface area (Å²) in [5.41, 5.74) is 0.854. The van der Waals surface area contributed by atoms with Crippen LogP contribution in [0.2, 0.25) is 0 Å². The van der Waals surface area contributed by atoms with Crippen LogP contribution >= 0.6 is 0 Å².